The second-order valence-corrected chi connectivity index (χ2v) is 6.04. The highest BCUT2D eigenvalue weighted by molar-refractivity contribution is 6.28. The Morgan fingerprint density at radius 1 is 1.30 bits per heavy atom. The fourth-order valence-corrected chi connectivity index (χ4v) is 1.84. The van der Waals surface area contributed by atoms with E-state index >= 15 is 0 Å². The van der Waals surface area contributed by atoms with Crippen LogP contribution in [0.2, 0.25) is 5.28 Å². The number of nitrogens with one attached hydrogen (secondary N) is 1. The molecule has 114 valence electrons. The molecule has 1 aromatic heterocycles. The molecule has 2 N–H and O–H groups in total. The molecule has 0 saturated carbocycles. The van der Waals surface area contributed by atoms with Crippen LogP contribution in [-0.2, 0) is 6.18 Å². The summed E-state index contributed by atoms with van der Waals surface area (Å²) in [7, 11) is 0. The van der Waals surface area contributed by atoms with Crippen LogP contribution in [0, 0.1) is 5.41 Å². The van der Waals surface area contributed by atoms with Gasteiger partial charge in [-0.1, -0.05) is 20.8 Å². The molecule has 0 aliphatic rings. The van der Waals surface area contributed by atoms with E-state index < -0.39 is 23.3 Å². The maximum absolute atomic E-state index is 12.5. The van der Waals surface area contributed by atoms with Gasteiger partial charge in [0.15, 0.2) is 5.69 Å². The number of rotatable bonds is 4. The van der Waals surface area contributed by atoms with Gasteiger partial charge in [-0.05, 0) is 23.4 Å². The van der Waals surface area contributed by atoms with Crippen LogP contribution in [0.5, 0.6) is 0 Å². The fourth-order valence-electron chi connectivity index (χ4n) is 1.66. The SMILES string of the molecule is CC(C)(C)CC(O)CNc1cc(C(F)(F)F)nc(Cl)n1. The van der Waals surface area contributed by atoms with E-state index in [1.165, 1.54) is 0 Å². The van der Waals surface area contributed by atoms with Gasteiger partial charge in [0, 0.05) is 12.6 Å². The lowest BCUT2D eigenvalue weighted by atomic mass is 9.89. The third kappa shape index (κ3) is 5.92. The first kappa shape index (κ1) is 17.0. The number of nitrogens with zero attached hydrogens (tertiary/aromatic N) is 2. The lowest BCUT2D eigenvalue weighted by Crippen LogP contribution is -2.25. The van der Waals surface area contributed by atoms with Crippen molar-refractivity contribution in [3.8, 4) is 0 Å². The van der Waals surface area contributed by atoms with Crippen LogP contribution in [0.3, 0.4) is 0 Å². The molecule has 1 unspecified atom stereocenters. The van der Waals surface area contributed by atoms with Crippen molar-refractivity contribution in [1.82, 2.24) is 9.97 Å². The third-order valence-electron chi connectivity index (χ3n) is 2.36. The molecule has 0 aliphatic carbocycles. The van der Waals surface area contributed by atoms with E-state index in [0.29, 0.717) is 6.42 Å². The van der Waals surface area contributed by atoms with Gasteiger partial charge in [0.1, 0.15) is 5.82 Å². The summed E-state index contributed by atoms with van der Waals surface area (Å²) in [5, 5.41) is 11.9. The minimum absolute atomic E-state index is 0.0646. The van der Waals surface area contributed by atoms with Crippen molar-refractivity contribution in [2.75, 3.05) is 11.9 Å². The number of aliphatic hydroxyl groups excluding tert-OH is 1. The zero-order valence-corrected chi connectivity index (χ0v) is 12.2. The average molecular weight is 312 g/mol. The zero-order chi connectivity index (χ0) is 15.6. The van der Waals surface area contributed by atoms with Crippen molar-refractivity contribution < 1.29 is 18.3 Å². The standard InChI is InChI=1S/C12H17ClF3N3O/c1-11(2,3)5-7(20)6-17-9-4-8(12(14,15)16)18-10(13)19-9/h4,7,20H,5-6H2,1-3H3,(H,17,18,19). The number of halogens is 4. The molecule has 0 spiro atoms. The molecule has 20 heavy (non-hydrogen) atoms. The minimum atomic E-state index is -4.59. The van der Waals surface area contributed by atoms with E-state index in [9.17, 15) is 18.3 Å². The van der Waals surface area contributed by atoms with E-state index in [-0.39, 0.29) is 17.8 Å². The Bertz CT molecular complexity index is 460. The molecule has 1 atom stereocenters. The van der Waals surface area contributed by atoms with E-state index in [0.717, 1.165) is 6.07 Å². The van der Waals surface area contributed by atoms with Gasteiger partial charge in [0.25, 0.3) is 0 Å². The van der Waals surface area contributed by atoms with Crippen LogP contribution in [-0.4, -0.2) is 27.7 Å². The van der Waals surface area contributed by atoms with Crippen molar-refractivity contribution in [3.63, 3.8) is 0 Å². The number of alkyl halides is 3. The Morgan fingerprint density at radius 3 is 2.40 bits per heavy atom. The number of hydrogen-bond acceptors (Lipinski definition) is 4. The highest BCUT2D eigenvalue weighted by Gasteiger charge is 2.33. The quantitative estimate of drug-likeness (QED) is 0.837. The number of anilines is 1. The van der Waals surface area contributed by atoms with Crippen LogP contribution >= 0.6 is 11.6 Å². The summed E-state index contributed by atoms with van der Waals surface area (Å²) in [6.45, 7) is 5.96. The van der Waals surface area contributed by atoms with E-state index in [4.69, 9.17) is 11.6 Å². The van der Waals surface area contributed by atoms with Gasteiger partial charge in [-0.2, -0.15) is 13.2 Å². The second-order valence-electron chi connectivity index (χ2n) is 5.70. The molecular formula is C12H17ClF3N3O. The van der Waals surface area contributed by atoms with Crippen LogP contribution < -0.4 is 5.32 Å². The Hall–Kier alpha value is -1.08. The highest BCUT2D eigenvalue weighted by atomic mass is 35.5. The zero-order valence-electron chi connectivity index (χ0n) is 11.4. The van der Waals surface area contributed by atoms with E-state index in [1.807, 2.05) is 20.8 Å². The fraction of sp³-hybridized carbons (Fsp3) is 0.667. The first-order chi connectivity index (χ1) is 8.97. The van der Waals surface area contributed by atoms with Gasteiger partial charge >= 0.3 is 6.18 Å². The molecule has 0 bridgehead atoms. The lowest BCUT2D eigenvalue weighted by molar-refractivity contribution is -0.141. The second kappa shape index (κ2) is 6.13. The molecule has 1 heterocycles. The Balaban J connectivity index is 2.71. The van der Waals surface area contributed by atoms with Gasteiger partial charge in [-0.25, -0.2) is 9.97 Å². The molecule has 0 fully saturated rings. The Morgan fingerprint density at radius 2 is 1.90 bits per heavy atom. The Kier molecular flexibility index (Phi) is 5.21. The van der Waals surface area contributed by atoms with Crippen molar-refractivity contribution in [2.45, 2.75) is 39.5 Å². The molecule has 0 saturated heterocycles. The summed E-state index contributed by atoms with van der Waals surface area (Å²) in [6.07, 6.45) is -4.78. The topological polar surface area (TPSA) is 58.0 Å². The van der Waals surface area contributed by atoms with Gasteiger partial charge in [0.2, 0.25) is 5.28 Å². The number of hydrogen-bond donors (Lipinski definition) is 2. The summed E-state index contributed by atoms with van der Waals surface area (Å²) in [5.41, 5.74) is -1.20. The van der Waals surface area contributed by atoms with Gasteiger partial charge in [-0.15, -0.1) is 0 Å². The average Bonchev–Trinajstić information content (AvgIpc) is 2.22. The van der Waals surface area contributed by atoms with Crippen LogP contribution in [0.25, 0.3) is 0 Å². The summed E-state index contributed by atoms with van der Waals surface area (Å²) in [6, 6.07) is 0.760. The molecule has 8 heteroatoms. The molecule has 0 aliphatic heterocycles. The number of aliphatic hydroxyl groups is 1. The highest BCUT2D eigenvalue weighted by Crippen LogP contribution is 2.29. The van der Waals surface area contributed by atoms with Crippen LogP contribution in [0.1, 0.15) is 32.9 Å². The monoisotopic (exact) mass is 311 g/mol. The molecular weight excluding hydrogens is 295 g/mol. The summed E-state index contributed by atoms with van der Waals surface area (Å²) in [5.74, 6) is -0.0646. The minimum Gasteiger partial charge on any atom is -0.391 e. The summed E-state index contributed by atoms with van der Waals surface area (Å²) in [4.78, 5) is 6.77. The van der Waals surface area contributed by atoms with Crippen LogP contribution in [0.15, 0.2) is 6.07 Å². The van der Waals surface area contributed by atoms with Crippen molar-refractivity contribution >= 4 is 17.4 Å². The predicted molar refractivity (Wildman–Crippen MR) is 70.6 cm³/mol. The predicted octanol–water partition coefficient (Wildman–Crippen LogP) is 3.36. The molecule has 4 nitrogen and oxygen atoms in total. The maximum Gasteiger partial charge on any atom is 0.433 e. The molecule has 0 aromatic carbocycles. The van der Waals surface area contributed by atoms with Crippen molar-refractivity contribution in [1.29, 1.82) is 0 Å². The van der Waals surface area contributed by atoms with Crippen LogP contribution in [0.4, 0.5) is 19.0 Å². The van der Waals surface area contributed by atoms with Gasteiger partial charge in [-0.3, -0.25) is 0 Å². The maximum atomic E-state index is 12.5. The largest absolute Gasteiger partial charge is 0.433 e. The normalized spacial score (nSPS) is 14.2. The van der Waals surface area contributed by atoms with Crippen molar-refractivity contribution in [3.05, 3.63) is 17.0 Å². The summed E-state index contributed by atoms with van der Waals surface area (Å²) < 4.78 is 37.6. The van der Waals surface area contributed by atoms with Gasteiger partial charge in [0.05, 0.1) is 6.10 Å². The first-order valence-corrected chi connectivity index (χ1v) is 6.39. The molecule has 0 amide bonds. The smallest absolute Gasteiger partial charge is 0.391 e. The third-order valence-corrected chi connectivity index (χ3v) is 2.53. The lowest BCUT2D eigenvalue weighted by Gasteiger charge is -2.22. The molecule has 0 radical (unpaired) electrons. The first-order valence-electron chi connectivity index (χ1n) is 6.01. The molecule has 1 rings (SSSR count). The molecule has 1 aromatic rings. The van der Waals surface area contributed by atoms with Crippen molar-refractivity contribution in [2.24, 2.45) is 5.41 Å². The van der Waals surface area contributed by atoms with Gasteiger partial charge < -0.3 is 10.4 Å². The Labute approximate surface area is 120 Å². The van der Waals surface area contributed by atoms with E-state index in [2.05, 4.69) is 15.3 Å². The number of aromatic nitrogens is 2. The van der Waals surface area contributed by atoms with E-state index in [1.54, 1.807) is 0 Å². The summed E-state index contributed by atoms with van der Waals surface area (Å²) >= 11 is 5.45.